The van der Waals surface area contributed by atoms with E-state index >= 15 is 0 Å². The zero-order valence-electron chi connectivity index (χ0n) is 14.8. The fourth-order valence-corrected chi connectivity index (χ4v) is 3.63. The van der Waals surface area contributed by atoms with Crippen LogP contribution in [0.3, 0.4) is 0 Å². The Morgan fingerprint density at radius 3 is 2.68 bits per heavy atom. The highest BCUT2D eigenvalue weighted by Crippen LogP contribution is 2.37. The molecule has 0 unspecified atom stereocenters. The SMILES string of the molecule is Oc1cc(C(F)(F)F)ccc1-c1nnc(N[C@@H]2CCC[C@H](O)C2)n2cccc12. The molecule has 2 atom stereocenters. The van der Waals surface area contributed by atoms with Crippen molar-refractivity contribution in [2.24, 2.45) is 0 Å². The van der Waals surface area contributed by atoms with Gasteiger partial charge in [0, 0.05) is 17.8 Å². The summed E-state index contributed by atoms with van der Waals surface area (Å²) in [5.74, 6) is -0.0300. The number of nitrogens with one attached hydrogen (secondary N) is 1. The van der Waals surface area contributed by atoms with Gasteiger partial charge in [0.15, 0.2) is 0 Å². The van der Waals surface area contributed by atoms with Crippen LogP contribution in [0.15, 0.2) is 36.5 Å². The second-order valence-electron chi connectivity index (χ2n) is 7.03. The van der Waals surface area contributed by atoms with Crippen LogP contribution >= 0.6 is 0 Å². The predicted molar refractivity (Wildman–Crippen MR) is 97.0 cm³/mol. The molecule has 2 heterocycles. The van der Waals surface area contributed by atoms with Gasteiger partial charge in [0.2, 0.25) is 5.95 Å². The highest BCUT2D eigenvalue weighted by molar-refractivity contribution is 5.81. The van der Waals surface area contributed by atoms with Gasteiger partial charge in [-0.3, -0.25) is 4.40 Å². The Kier molecular flexibility index (Phi) is 4.62. The first-order valence-corrected chi connectivity index (χ1v) is 9.02. The Bertz CT molecular complexity index is 1000. The minimum atomic E-state index is -4.54. The maximum Gasteiger partial charge on any atom is 0.416 e. The number of aliphatic hydroxyl groups is 1. The van der Waals surface area contributed by atoms with Crippen molar-refractivity contribution in [3.05, 3.63) is 42.1 Å². The second-order valence-corrected chi connectivity index (χ2v) is 7.03. The van der Waals surface area contributed by atoms with Gasteiger partial charge in [0.25, 0.3) is 0 Å². The van der Waals surface area contributed by atoms with Crippen molar-refractivity contribution in [2.75, 3.05) is 5.32 Å². The minimum absolute atomic E-state index is 0.0639. The quantitative estimate of drug-likeness (QED) is 0.631. The summed E-state index contributed by atoms with van der Waals surface area (Å²) in [7, 11) is 0. The molecule has 1 saturated carbocycles. The van der Waals surface area contributed by atoms with E-state index in [1.807, 2.05) is 0 Å². The van der Waals surface area contributed by atoms with Crippen LogP contribution in [0.25, 0.3) is 16.8 Å². The van der Waals surface area contributed by atoms with E-state index in [0.29, 0.717) is 24.0 Å². The number of anilines is 1. The zero-order valence-corrected chi connectivity index (χ0v) is 14.8. The Hall–Kier alpha value is -2.81. The predicted octanol–water partition coefficient (Wildman–Crippen LogP) is 3.84. The topological polar surface area (TPSA) is 82.7 Å². The summed E-state index contributed by atoms with van der Waals surface area (Å²) in [5.41, 5.74) is 0.125. The third-order valence-corrected chi connectivity index (χ3v) is 5.02. The molecule has 3 aromatic rings. The van der Waals surface area contributed by atoms with Crippen molar-refractivity contribution >= 4 is 11.5 Å². The van der Waals surface area contributed by atoms with Crippen LogP contribution in [0.5, 0.6) is 5.75 Å². The Morgan fingerprint density at radius 1 is 1.14 bits per heavy atom. The summed E-state index contributed by atoms with van der Waals surface area (Å²) in [5, 5.41) is 31.6. The van der Waals surface area contributed by atoms with Gasteiger partial charge in [-0.1, -0.05) is 0 Å². The van der Waals surface area contributed by atoms with Crippen molar-refractivity contribution in [1.29, 1.82) is 0 Å². The summed E-state index contributed by atoms with van der Waals surface area (Å²) in [6.45, 7) is 0. The van der Waals surface area contributed by atoms with Crippen molar-refractivity contribution in [2.45, 2.75) is 44.0 Å². The lowest BCUT2D eigenvalue weighted by Gasteiger charge is -2.27. The molecule has 0 spiro atoms. The smallest absolute Gasteiger partial charge is 0.416 e. The van der Waals surface area contributed by atoms with Crippen molar-refractivity contribution in [1.82, 2.24) is 14.6 Å². The number of aromatic hydroxyl groups is 1. The largest absolute Gasteiger partial charge is 0.507 e. The Balaban J connectivity index is 1.70. The van der Waals surface area contributed by atoms with E-state index in [1.165, 1.54) is 6.07 Å². The molecule has 1 aliphatic carbocycles. The van der Waals surface area contributed by atoms with E-state index in [1.54, 1.807) is 22.7 Å². The molecule has 0 aliphatic heterocycles. The van der Waals surface area contributed by atoms with Gasteiger partial charge >= 0.3 is 6.18 Å². The minimum Gasteiger partial charge on any atom is -0.507 e. The third kappa shape index (κ3) is 3.49. The van der Waals surface area contributed by atoms with Crippen LogP contribution in [0.4, 0.5) is 19.1 Å². The molecule has 1 aromatic carbocycles. The first-order valence-electron chi connectivity index (χ1n) is 9.02. The number of aromatic nitrogens is 3. The molecule has 6 nitrogen and oxygen atoms in total. The second kappa shape index (κ2) is 6.97. The number of benzene rings is 1. The summed E-state index contributed by atoms with van der Waals surface area (Å²) >= 11 is 0. The lowest BCUT2D eigenvalue weighted by molar-refractivity contribution is -0.137. The standard InChI is InChI=1S/C19H19F3N4O2/c20-19(21,22)11-6-7-14(16(28)9-11)17-15-5-2-8-26(15)18(25-24-17)23-12-3-1-4-13(27)10-12/h2,5-9,12-13,27-28H,1,3-4,10H2,(H,23,25)/t12-,13+/m1/s1. The lowest BCUT2D eigenvalue weighted by Crippen LogP contribution is -2.31. The molecule has 2 aromatic heterocycles. The van der Waals surface area contributed by atoms with Gasteiger partial charge in [0.05, 0.1) is 17.2 Å². The molecule has 9 heteroatoms. The molecule has 1 fully saturated rings. The normalized spacial score (nSPS) is 20.4. The van der Waals surface area contributed by atoms with Crippen molar-refractivity contribution < 1.29 is 23.4 Å². The van der Waals surface area contributed by atoms with Gasteiger partial charge in [-0.05, 0) is 56.0 Å². The number of alkyl halides is 3. The van der Waals surface area contributed by atoms with Gasteiger partial charge in [-0.15, -0.1) is 10.2 Å². The number of rotatable bonds is 3. The zero-order chi connectivity index (χ0) is 19.9. The monoisotopic (exact) mass is 392 g/mol. The maximum absolute atomic E-state index is 12.8. The molecule has 148 valence electrons. The van der Waals surface area contributed by atoms with Crippen LogP contribution in [0.1, 0.15) is 31.2 Å². The number of nitrogens with zero attached hydrogens (tertiary/aromatic N) is 3. The molecule has 0 bridgehead atoms. The highest BCUT2D eigenvalue weighted by Gasteiger charge is 2.31. The lowest BCUT2D eigenvalue weighted by atomic mass is 9.93. The van der Waals surface area contributed by atoms with Crippen LogP contribution in [-0.2, 0) is 6.18 Å². The number of fused-ring (bicyclic) bond motifs is 1. The average Bonchev–Trinajstić information content (AvgIpc) is 3.12. The van der Waals surface area contributed by atoms with E-state index in [2.05, 4.69) is 15.5 Å². The number of phenols is 1. The van der Waals surface area contributed by atoms with Crippen LogP contribution in [0.2, 0.25) is 0 Å². The average molecular weight is 392 g/mol. The first-order chi connectivity index (χ1) is 13.3. The maximum atomic E-state index is 12.8. The Morgan fingerprint density at radius 2 is 1.96 bits per heavy atom. The fraction of sp³-hybridized carbons (Fsp3) is 0.368. The molecule has 4 rings (SSSR count). The van der Waals surface area contributed by atoms with E-state index in [4.69, 9.17) is 0 Å². The summed E-state index contributed by atoms with van der Waals surface area (Å²) in [6, 6.07) is 6.37. The fourth-order valence-electron chi connectivity index (χ4n) is 3.63. The Labute approximate surface area is 158 Å². The number of phenolic OH excluding ortho intramolecular Hbond substituents is 1. The van der Waals surface area contributed by atoms with E-state index < -0.39 is 17.5 Å². The first kappa shape index (κ1) is 18.5. The third-order valence-electron chi connectivity index (χ3n) is 5.02. The molecule has 3 N–H and O–H groups in total. The van der Waals surface area contributed by atoms with Gasteiger partial charge < -0.3 is 15.5 Å². The summed E-state index contributed by atoms with van der Waals surface area (Å²) < 4.78 is 40.3. The van der Waals surface area contributed by atoms with Crippen LogP contribution < -0.4 is 5.32 Å². The molecule has 1 aliphatic rings. The van der Waals surface area contributed by atoms with Crippen molar-refractivity contribution in [3.8, 4) is 17.0 Å². The molecular formula is C19H19F3N4O2. The number of hydrogen-bond acceptors (Lipinski definition) is 5. The van der Waals surface area contributed by atoms with E-state index in [0.717, 1.165) is 25.3 Å². The molecule has 28 heavy (non-hydrogen) atoms. The van der Waals surface area contributed by atoms with Crippen LogP contribution in [0, 0.1) is 0 Å². The summed E-state index contributed by atoms with van der Waals surface area (Å²) in [4.78, 5) is 0. The molecule has 0 saturated heterocycles. The van der Waals surface area contributed by atoms with E-state index in [9.17, 15) is 23.4 Å². The molecular weight excluding hydrogens is 373 g/mol. The number of hydrogen-bond donors (Lipinski definition) is 3. The number of aliphatic hydroxyl groups excluding tert-OH is 1. The van der Waals surface area contributed by atoms with Gasteiger partial charge in [-0.25, -0.2) is 0 Å². The van der Waals surface area contributed by atoms with Crippen LogP contribution in [-0.4, -0.2) is 37.0 Å². The van der Waals surface area contributed by atoms with Gasteiger partial charge in [-0.2, -0.15) is 13.2 Å². The molecule has 0 amide bonds. The molecule has 0 radical (unpaired) electrons. The summed E-state index contributed by atoms with van der Waals surface area (Å²) in [6.07, 6.45) is 0.103. The van der Waals surface area contributed by atoms with Crippen molar-refractivity contribution in [3.63, 3.8) is 0 Å². The highest BCUT2D eigenvalue weighted by atomic mass is 19.4. The van der Waals surface area contributed by atoms with Gasteiger partial charge in [0.1, 0.15) is 11.4 Å². The number of halogens is 3. The van der Waals surface area contributed by atoms with E-state index in [-0.39, 0.29) is 23.4 Å².